The first-order valence-electron chi connectivity index (χ1n) is 17.3. The van der Waals surface area contributed by atoms with E-state index in [4.69, 9.17) is 15.0 Å². The second kappa shape index (κ2) is 13.0. The number of fused-ring (bicyclic) bond motifs is 2. The van der Waals surface area contributed by atoms with E-state index in [0.717, 1.165) is 38.6 Å². The summed E-state index contributed by atoms with van der Waals surface area (Å²) >= 11 is 0. The second-order valence-electron chi connectivity index (χ2n) is 12.9. The summed E-state index contributed by atoms with van der Waals surface area (Å²) in [6.07, 6.45) is 0. The van der Waals surface area contributed by atoms with Crippen LogP contribution in [0.25, 0.3) is 89.1 Å². The van der Waals surface area contributed by atoms with Gasteiger partial charge in [0.05, 0.1) is 0 Å². The molecule has 0 bridgehead atoms. The van der Waals surface area contributed by atoms with Crippen molar-refractivity contribution < 1.29 is 0 Å². The first kappa shape index (κ1) is 30.4. The molecule has 0 saturated heterocycles. The number of aromatic nitrogens is 3. The SMILES string of the molecule is Cc1ccccc1-c1nc(-c2ccc(-c3ccccc3)cc2)nc(-c2ccc(-c3ccc4cc(-c5ccccc5)ccc4c3)c3ccccc23)n1. The number of hydrogen-bond acceptors (Lipinski definition) is 3. The maximum Gasteiger partial charge on any atom is 0.164 e. The predicted octanol–water partition coefficient (Wildman–Crippen LogP) is 12.5. The zero-order valence-corrected chi connectivity index (χ0v) is 28.2. The average molecular weight is 652 g/mol. The summed E-state index contributed by atoms with van der Waals surface area (Å²) in [6, 6.07) is 64.1. The molecular weight excluding hydrogens is 619 g/mol. The van der Waals surface area contributed by atoms with Crippen molar-refractivity contribution in [1.29, 1.82) is 0 Å². The fourth-order valence-electron chi connectivity index (χ4n) is 6.98. The molecule has 1 aromatic heterocycles. The topological polar surface area (TPSA) is 38.7 Å². The second-order valence-corrected chi connectivity index (χ2v) is 12.9. The van der Waals surface area contributed by atoms with Crippen molar-refractivity contribution >= 4 is 21.5 Å². The number of rotatable bonds is 6. The maximum atomic E-state index is 5.14. The van der Waals surface area contributed by atoms with Crippen LogP contribution in [0.15, 0.2) is 182 Å². The minimum atomic E-state index is 0.649. The van der Waals surface area contributed by atoms with E-state index in [1.54, 1.807) is 0 Å². The molecule has 0 spiro atoms. The molecule has 0 atom stereocenters. The predicted molar refractivity (Wildman–Crippen MR) is 212 cm³/mol. The van der Waals surface area contributed by atoms with E-state index in [-0.39, 0.29) is 0 Å². The van der Waals surface area contributed by atoms with E-state index in [2.05, 4.69) is 171 Å². The number of hydrogen-bond donors (Lipinski definition) is 0. The Bertz CT molecular complexity index is 2680. The molecule has 0 aliphatic heterocycles. The van der Waals surface area contributed by atoms with Gasteiger partial charge in [0.1, 0.15) is 0 Å². The molecule has 3 heteroatoms. The highest BCUT2D eigenvalue weighted by atomic mass is 15.0. The highest BCUT2D eigenvalue weighted by Crippen LogP contribution is 2.37. The van der Waals surface area contributed by atoms with Crippen molar-refractivity contribution in [2.75, 3.05) is 0 Å². The molecule has 0 saturated carbocycles. The molecule has 8 aromatic carbocycles. The van der Waals surface area contributed by atoms with Crippen LogP contribution in [0.4, 0.5) is 0 Å². The monoisotopic (exact) mass is 651 g/mol. The fourth-order valence-corrected chi connectivity index (χ4v) is 6.98. The first-order chi connectivity index (χ1) is 25.2. The van der Waals surface area contributed by atoms with Crippen molar-refractivity contribution in [3.63, 3.8) is 0 Å². The standard InChI is InChI=1S/C48H33N3/c1-32-12-8-9-17-41(32)47-49-46(36-22-20-35(21-23-36)33-13-4-2-5-14-33)50-48(51-47)45-29-28-42(43-18-10-11-19-44(43)45)40-27-26-38-30-37(24-25-39(38)31-40)34-15-6-3-7-16-34/h2-31H,1H3. The van der Waals surface area contributed by atoms with Gasteiger partial charge >= 0.3 is 0 Å². The quantitative estimate of drug-likeness (QED) is 0.180. The van der Waals surface area contributed by atoms with Gasteiger partial charge in [0.25, 0.3) is 0 Å². The smallest absolute Gasteiger partial charge is 0.164 e. The normalized spacial score (nSPS) is 11.2. The van der Waals surface area contributed by atoms with Gasteiger partial charge in [-0.1, -0.05) is 164 Å². The Morgan fingerprint density at radius 2 is 0.745 bits per heavy atom. The van der Waals surface area contributed by atoms with E-state index in [0.29, 0.717) is 17.5 Å². The third-order valence-electron chi connectivity index (χ3n) is 9.69. The van der Waals surface area contributed by atoms with E-state index < -0.39 is 0 Å². The highest BCUT2D eigenvalue weighted by Gasteiger charge is 2.17. The lowest BCUT2D eigenvalue weighted by Crippen LogP contribution is -2.01. The van der Waals surface area contributed by atoms with Gasteiger partial charge in [0.15, 0.2) is 17.5 Å². The van der Waals surface area contributed by atoms with E-state index in [1.807, 2.05) is 18.2 Å². The van der Waals surface area contributed by atoms with Crippen molar-refractivity contribution in [3.05, 3.63) is 188 Å². The third-order valence-corrected chi connectivity index (χ3v) is 9.69. The van der Waals surface area contributed by atoms with Gasteiger partial charge in [0, 0.05) is 16.7 Å². The number of nitrogens with zero attached hydrogens (tertiary/aromatic N) is 3. The van der Waals surface area contributed by atoms with Crippen LogP contribution in [0, 0.1) is 6.92 Å². The zero-order valence-electron chi connectivity index (χ0n) is 28.2. The van der Waals surface area contributed by atoms with Gasteiger partial charge in [-0.2, -0.15) is 0 Å². The lowest BCUT2D eigenvalue weighted by Gasteiger charge is -2.14. The summed E-state index contributed by atoms with van der Waals surface area (Å²) in [7, 11) is 0. The van der Waals surface area contributed by atoms with Gasteiger partial charge in [-0.25, -0.2) is 15.0 Å². The van der Waals surface area contributed by atoms with Gasteiger partial charge in [0.2, 0.25) is 0 Å². The van der Waals surface area contributed by atoms with Crippen molar-refractivity contribution in [3.8, 4) is 67.5 Å². The van der Waals surface area contributed by atoms with Crippen molar-refractivity contribution in [1.82, 2.24) is 15.0 Å². The van der Waals surface area contributed by atoms with Crippen LogP contribution in [-0.4, -0.2) is 15.0 Å². The lowest BCUT2D eigenvalue weighted by molar-refractivity contribution is 1.07. The van der Waals surface area contributed by atoms with Crippen LogP contribution in [0.2, 0.25) is 0 Å². The minimum absolute atomic E-state index is 0.649. The van der Waals surface area contributed by atoms with Crippen LogP contribution in [-0.2, 0) is 0 Å². The molecule has 0 N–H and O–H groups in total. The van der Waals surface area contributed by atoms with Gasteiger partial charge in [-0.3, -0.25) is 0 Å². The van der Waals surface area contributed by atoms with E-state index >= 15 is 0 Å². The Balaban J connectivity index is 1.16. The van der Waals surface area contributed by atoms with Gasteiger partial charge in [-0.15, -0.1) is 0 Å². The highest BCUT2D eigenvalue weighted by molar-refractivity contribution is 6.05. The van der Waals surface area contributed by atoms with Gasteiger partial charge in [-0.05, 0) is 85.6 Å². The number of benzene rings is 8. The van der Waals surface area contributed by atoms with Crippen LogP contribution >= 0.6 is 0 Å². The molecule has 0 aliphatic carbocycles. The maximum absolute atomic E-state index is 5.14. The molecule has 0 unspecified atom stereocenters. The Labute approximate surface area is 297 Å². The first-order valence-corrected chi connectivity index (χ1v) is 17.3. The van der Waals surface area contributed by atoms with Crippen molar-refractivity contribution in [2.24, 2.45) is 0 Å². The summed E-state index contributed by atoms with van der Waals surface area (Å²) in [6.45, 7) is 2.10. The fraction of sp³-hybridized carbons (Fsp3) is 0.0208. The number of aryl methyl sites for hydroxylation is 1. The van der Waals surface area contributed by atoms with Crippen LogP contribution < -0.4 is 0 Å². The van der Waals surface area contributed by atoms with Crippen molar-refractivity contribution in [2.45, 2.75) is 6.92 Å². The molecule has 51 heavy (non-hydrogen) atoms. The van der Waals surface area contributed by atoms with E-state index in [1.165, 1.54) is 38.6 Å². The largest absolute Gasteiger partial charge is 0.208 e. The molecule has 240 valence electrons. The van der Waals surface area contributed by atoms with Crippen LogP contribution in [0.3, 0.4) is 0 Å². The molecule has 3 nitrogen and oxygen atoms in total. The van der Waals surface area contributed by atoms with Gasteiger partial charge < -0.3 is 0 Å². The molecule has 0 radical (unpaired) electrons. The summed E-state index contributed by atoms with van der Waals surface area (Å²) in [5.41, 5.74) is 11.2. The Morgan fingerprint density at radius 3 is 1.43 bits per heavy atom. The molecule has 0 amide bonds. The average Bonchev–Trinajstić information content (AvgIpc) is 3.21. The molecule has 9 rings (SSSR count). The summed E-state index contributed by atoms with van der Waals surface area (Å²) in [4.78, 5) is 15.3. The Hall–Kier alpha value is -6.71. The Morgan fingerprint density at radius 1 is 0.294 bits per heavy atom. The van der Waals surface area contributed by atoms with E-state index in [9.17, 15) is 0 Å². The van der Waals surface area contributed by atoms with Crippen LogP contribution in [0.1, 0.15) is 5.56 Å². The summed E-state index contributed by atoms with van der Waals surface area (Å²) in [5, 5.41) is 4.69. The lowest BCUT2D eigenvalue weighted by atomic mass is 9.92. The van der Waals surface area contributed by atoms with Crippen LogP contribution in [0.5, 0.6) is 0 Å². The molecule has 1 heterocycles. The minimum Gasteiger partial charge on any atom is -0.208 e. The molecular formula is C48H33N3. The third kappa shape index (κ3) is 5.85. The summed E-state index contributed by atoms with van der Waals surface area (Å²) in [5.74, 6) is 1.97. The molecule has 0 aliphatic rings. The molecule has 9 aromatic rings. The zero-order chi connectivity index (χ0) is 34.1. The summed E-state index contributed by atoms with van der Waals surface area (Å²) < 4.78 is 0. The molecule has 0 fully saturated rings. The Kier molecular flexibility index (Phi) is 7.71.